The number of benzene rings is 1. The molecule has 2 N–H and O–H groups in total. The third-order valence-corrected chi connectivity index (χ3v) is 4.43. The fraction of sp³-hybridized carbons (Fsp3) is 0.0667. The van der Waals surface area contributed by atoms with Gasteiger partial charge in [-0.3, -0.25) is 4.79 Å². The number of hydrogen-bond donors (Lipinski definition) is 2. The first kappa shape index (κ1) is 13.9. The maximum atomic E-state index is 12.2. The molecule has 0 aliphatic heterocycles. The van der Waals surface area contributed by atoms with Crippen LogP contribution in [0.15, 0.2) is 47.7 Å². The molecule has 3 aromatic rings. The van der Waals surface area contributed by atoms with Gasteiger partial charge in [0.05, 0.1) is 20.5 Å². The zero-order chi connectivity index (χ0) is 14.8. The molecule has 0 aliphatic rings. The van der Waals surface area contributed by atoms with E-state index in [-0.39, 0.29) is 5.91 Å². The summed E-state index contributed by atoms with van der Waals surface area (Å²) >= 11 is 7.31. The second-order valence-corrected chi connectivity index (χ2v) is 6.20. The summed E-state index contributed by atoms with van der Waals surface area (Å²) in [4.78, 5) is 16.2. The average molecular weight is 318 g/mol. The maximum Gasteiger partial charge on any atom is 0.273 e. The SMILES string of the molecule is C/C(=N\NC(=O)c1c[nH]c2ccccc12)c1ccc(Cl)s1. The molecule has 0 atom stereocenters. The number of carbonyl (C=O) groups is 1. The van der Waals surface area contributed by atoms with Gasteiger partial charge in [0.15, 0.2) is 0 Å². The van der Waals surface area contributed by atoms with Gasteiger partial charge in [-0.2, -0.15) is 5.10 Å². The maximum absolute atomic E-state index is 12.2. The fourth-order valence-electron chi connectivity index (χ4n) is 2.02. The number of carbonyl (C=O) groups excluding carboxylic acids is 1. The zero-order valence-electron chi connectivity index (χ0n) is 11.2. The minimum Gasteiger partial charge on any atom is -0.360 e. The van der Waals surface area contributed by atoms with E-state index >= 15 is 0 Å². The minimum absolute atomic E-state index is 0.241. The highest BCUT2D eigenvalue weighted by atomic mass is 35.5. The summed E-state index contributed by atoms with van der Waals surface area (Å²) in [6.07, 6.45) is 1.69. The van der Waals surface area contributed by atoms with E-state index in [0.717, 1.165) is 21.5 Å². The number of hydrazone groups is 1. The third kappa shape index (κ3) is 2.84. The minimum atomic E-state index is -0.241. The van der Waals surface area contributed by atoms with Gasteiger partial charge in [0.2, 0.25) is 0 Å². The normalized spacial score (nSPS) is 11.8. The van der Waals surface area contributed by atoms with E-state index < -0.39 is 0 Å². The Morgan fingerprint density at radius 1 is 1.29 bits per heavy atom. The molecule has 0 spiro atoms. The van der Waals surface area contributed by atoms with Crippen molar-refractivity contribution >= 4 is 45.5 Å². The Morgan fingerprint density at radius 2 is 2.10 bits per heavy atom. The lowest BCUT2D eigenvalue weighted by Gasteiger charge is -2.00. The molecule has 1 amide bonds. The van der Waals surface area contributed by atoms with E-state index in [1.807, 2.05) is 43.3 Å². The number of nitrogens with one attached hydrogen (secondary N) is 2. The van der Waals surface area contributed by atoms with Gasteiger partial charge in [0.25, 0.3) is 5.91 Å². The summed E-state index contributed by atoms with van der Waals surface area (Å²) in [5.74, 6) is -0.241. The molecule has 0 saturated carbocycles. The summed E-state index contributed by atoms with van der Waals surface area (Å²) in [5, 5.41) is 5.00. The molecule has 0 bridgehead atoms. The largest absolute Gasteiger partial charge is 0.360 e. The first-order valence-electron chi connectivity index (χ1n) is 6.31. The lowest BCUT2D eigenvalue weighted by Crippen LogP contribution is -2.18. The number of aromatic nitrogens is 1. The molecule has 0 saturated heterocycles. The van der Waals surface area contributed by atoms with Crippen molar-refractivity contribution in [2.45, 2.75) is 6.92 Å². The van der Waals surface area contributed by atoms with Crippen LogP contribution in [0.25, 0.3) is 10.9 Å². The molecule has 6 heteroatoms. The van der Waals surface area contributed by atoms with Crippen molar-refractivity contribution in [3.05, 3.63) is 57.4 Å². The topological polar surface area (TPSA) is 57.2 Å². The van der Waals surface area contributed by atoms with Gasteiger partial charge in [-0.15, -0.1) is 11.3 Å². The third-order valence-electron chi connectivity index (χ3n) is 3.09. The Morgan fingerprint density at radius 3 is 2.86 bits per heavy atom. The van der Waals surface area contributed by atoms with Crippen molar-refractivity contribution in [3.8, 4) is 0 Å². The van der Waals surface area contributed by atoms with Crippen LogP contribution in [0.5, 0.6) is 0 Å². The van der Waals surface area contributed by atoms with Crippen LogP contribution < -0.4 is 5.43 Å². The van der Waals surface area contributed by atoms with Gasteiger partial charge >= 0.3 is 0 Å². The van der Waals surface area contributed by atoms with Gasteiger partial charge in [-0.05, 0) is 25.1 Å². The number of aromatic amines is 1. The molecule has 3 rings (SSSR count). The molecule has 2 aromatic heterocycles. The summed E-state index contributed by atoms with van der Waals surface area (Å²) < 4.78 is 0.697. The van der Waals surface area contributed by atoms with E-state index in [9.17, 15) is 4.79 Å². The quantitative estimate of drug-likeness (QED) is 0.556. The van der Waals surface area contributed by atoms with Crippen LogP contribution in [0, 0.1) is 0 Å². The number of rotatable bonds is 3. The summed E-state index contributed by atoms with van der Waals surface area (Å²) in [5.41, 5.74) is 4.80. The monoisotopic (exact) mass is 317 g/mol. The van der Waals surface area contributed by atoms with Crippen LogP contribution in [-0.2, 0) is 0 Å². The van der Waals surface area contributed by atoms with Gasteiger partial charge in [-0.1, -0.05) is 29.8 Å². The van der Waals surface area contributed by atoms with E-state index in [4.69, 9.17) is 11.6 Å². The smallest absolute Gasteiger partial charge is 0.273 e. The van der Waals surface area contributed by atoms with E-state index in [0.29, 0.717) is 9.90 Å². The number of nitrogens with zero attached hydrogens (tertiary/aromatic N) is 1. The molecule has 21 heavy (non-hydrogen) atoms. The zero-order valence-corrected chi connectivity index (χ0v) is 12.8. The highest BCUT2D eigenvalue weighted by molar-refractivity contribution is 7.18. The standard InChI is InChI=1S/C15H12ClN3OS/c1-9(13-6-7-14(16)21-13)18-19-15(20)11-8-17-12-5-3-2-4-10(11)12/h2-8,17H,1H3,(H,19,20)/b18-9+. The Labute approximate surface area is 130 Å². The van der Waals surface area contributed by atoms with Crippen molar-refractivity contribution in [1.29, 1.82) is 0 Å². The van der Waals surface area contributed by atoms with Crippen molar-refractivity contribution < 1.29 is 4.79 Å². The van der Waals surface area contributed by atoms with Crippen LogP contribution in [0.2, 0.25) is 4.34 Å². The van der Waals surface area contributed by atoms with Crippen LogP contribution in [0.3, 0.4) is 0 Å². The summed E-state index contributed by atoms with van der Waals surface area (Å²) in [6.45, 7) is 1.83. The lowest BCUT2D eigenvalue weighted by molar-refractivity contribution is 0.0956. The molecule has 0 fully saturated rings. The second-order valence-electron chi connectivity index (χ2n) is 4.49. The van der Waals surface area contributed by atoms with Crippen LogP contribution >= 0.6 is 22.9 Å². The van der Waals surface area contributed by atoms with Crippen LogP contribution in [0.4, 0.5) is 0 Å². The Kier molecular flexibility index (Phi) is 3.77. The number of para-hydroxylation sites is 1. The predicted octanol–water partition coefficient (Wildman–Crippen LogP) is 4.04. The second kappa shape index (κ2) is 5.71. The molecular formula is C15H12ClN3OS. The van der Waals surface area contributed by atoms with E-state index in [1.54, 1.807) is 6.20 Å². The summed E-state index contributed by atoms with van der Waals surface area (Å²) in [7, 11) is 0. The van der Waals surface area contributed by atoms with Gasteiger partial charge < -0.3 is 4.98 Å². The molecular weight excluding hydrogens is 306 g/mol. The number of fused-ring (bicyclic) bond motifs is 1. The van der Waals surface area contributed by atoms with Crippen LogP contribution in [-0.4, -0.2) is 16.6 Å². The predicted molar refractivity (Wildman–Crippen MR) is 87.3 cm³/mol. The van der Waals surface area contributed by atoms with Gasteiger partial charge in [-0.25, -0.2) is 5.43 Å². The number of H-pyrrole nitrogens is 1. The first-order valence-corrected chi connectivity index (χ1v) is 7.51. The Balaban J connectivity index is 1.80. The van der Waals surface area contributed by atoms with Crippen molar-refractivity contribution in [2.24, 2.45) is 5.10 Å². The molecule has 1 aromatic carbocycles. The van der Waals surface area contributed by atoms with E-state index in [1.165, 1.54) is 11.3 Å². The van der Waals surface area contributed by atoms with Crippen LogP contribution in [0.1, 0.15) is 22.2 Å². The Bertz CT molecular complexity index is 834. The average Bonchev–Trinajstić information content (AvgIpc) is 3.10. The lowest BCUT2D eigenvalue weighted by atomic mass is 10.2. The van der Waals surface area contributed by atoms with E-state index in [2.05, 4.69) is 15.5 Å². The molecule has 0 unspecified atom stereocenters. The molecule has 0 radical (unpaired) electrons. The number of thiophene rings is 1. The van der Waals surface area contributed by atoms with Gasteiger partial charge in [0.1, 0.15) is 0 Å². The molecule has 2 heterocycles. The first-order chi connectivity index (χ1) is 10.1. The molecule has 106 valence electrons. The molecule has 0 aliphatic carbocycles. The van der Waals surface area contributed by atoms with Crippen molar-refractivity contribution in [2.75, 3.05) is 0 Å². The molecule has 4 nitrogen and oxygen atoms in total. The van der Waals surface area contributed by atoms with Crippen molar-refractivity contribution in [1.82, 2.24) is 10.4 Å². The van der Waals surface area contributed by atoms with Gasteiger partial charge in [0, 0.05) is 17.1 Å². The number of halogens is 1. The highest BCUT2D eigenvalue weighted by Gasteiger charge is 2.11. The van der Waals surface area contributed by atoms with Crippen molar-refractivity contribution in [3.63, 3.8) is 0 Å². The number of amides is 1. The highest BCUT2D eigenvalue weighted by Crippen LogP contribution is 2.22. The number of hydrogen-bond acceptors (Lipinski definition) is 3. The summed E-state index contributed by atoms with van der Waals surface area (Å²) in [6, 6.07) is 11.3. The Hall–Kier alpha value is -2.11. The fourth-order valence-corrected chi connectivity index (χ4v) is 3.01.